The summed E-state index contributed by atoms with van der Waals surface area (Å²) in [6.07, 6.45) is 3.00. The van der Waals surface area contributed by atoms with Crippen LogP contribution in [-0.4, -0.2) is 45.6 Å². The number of nitrogens with zero attached hydrogens (tertiary/aromatic N) is 1. The Morgan fingerprint density at radius 3 is 2.37 bits per heavy atom. The summed E-state index contributed by atoms with van der Waals surface area (Å²) in [5.74, 6) is 1.15. The minimum absolute atomic E-state index is 0.0484. The predicted molar refractivity (Wildman–Crippen MR) is 142 cm³/mol. The monoisotopic (exact) mass is 511 g/mol. The van der Waals surface area contributed by atoms with E-state index in [1.165, 1.54) is 9.49 Å². The summed E-state index contributed by atoms with van der Waals surface area (Å²) in [6.45, 7) is 9.01. The summed E-state index contributed by atoms with van der Waals surface area (Å²) in [5.41, 5.74) is 0.669. The second kappa shape index (κ2) is 8.20. The summed E-state index contributed by atoms with van der Waals surface area (Å²) in [4.78, 5) is 14.0. The van der Waals surface area contributed by atoms with E-state index < -0.39 is 18.1 Å². The number of amides is 1. The first kappa shape index (κ1) is 24.6. The van der Waals surface area contributed by atoms with Gasteiger partial charge in [-0.3, -0.25) is 4.79 Å². The van der Waals surface area contributed by atoms with E-state index in [0.717, 1.165) is 30.6 Å². The first-order chi connectivity index (χ1) is 16.4. The molecule has 35 heavy (non-hydrogen) atoms. The number of hydrogen-bond acceptors (Lipinski definition) is 4. The van der Waals surface area contributed by atoms with Crippen molar-refractivity contribution in [3.05, 3.63) is 60.2 Å². The Balaban J connectivity index is 1.52. The van der Waals surface area contributed by atoms with Crippen molar-refractivity contribution in [2.24, 2.45) is 16.7 Å². The summed E-state index contributed by atoms with van der Waals surface area (Å²) < 4.78 is 33.7. The normalized spacial score (nSPS) is 29.1. The number of rotatable bonds is 6. The van der Waals surface area contributed by atoms with Crippen LogP contribution in [-0.2, 0) is 14.8 Å². The van der Waals surface area contributed by atoms with Gasteiger partial charge in [0.2, 0.25) is 15.9 Å². The smallest absolute Gasteiger partial charge is 0.238 e. The van der Waals surface area contributed by atoms with Crippen LogP contribution in [0.4, 0.5) is 0 Å². The predicted octanol–water partition coefficient (Wildman–Crippen LogP) is 4.69. The third kappa shape index (κ3) is 3.60. The van der Waals surface area contributed by atoms with E-state index in [1.54, 1.807) is 7.11 Å². The summed E-state index contributed by atoms with van der Waals surface area (Å²) in [6, 6.07) is 18.1. The fraction of sp³-hybridized carbons (Fsp3) is 0.536. The molecule has 0 aromatic heterocycles. The maximum Gasteiger partial charge on any atom is 0.238 e. The molecule has 4 atom stereocenters. The van der Waals surface area contributed by atoms with Crippen LogP contribution in [0.3, 0.4) is 0 Å². The standard InChI is InChI=1S/C28H37NO4SSi/c1-27(2)21-15-16-28(27)19-34(31,32)29(25(28)17-21)26(30)18-24(20-11-13-22(33-3)14-12-20)35(4,5)23-9-7-6-8-10-23/h6-14,21,24-25H,15-19H2,1-5H3/t21-,24-,25-,28-/m1/s1. The lowest BCUT2D eigenvalue weighted by molar-refractivity contribution is -0.129. The highest BCUT2D eigenvalue weighted by Gasteiger charge is 2.72. The van der Waals surface area contributed by atoms with Crippen molar-refractivity contribution in [1.29, 1.82) is 0 Å². The molecule has 1 amide bonds. The van der Waals surface area contributed by atoms with Gasteiger partial charge in [0.15, 0.2) is 0 Å². The molecule has 7 heteroatoms. The van der Waals surface area contributed by atoms with Crippen LogP contribution in [0.25, 0.3) is 0 Å². The van der Waals surface area contributed by atoms with Crippen molar-refractivity contribution in [2.45, 2.75) is 64.2 Å². The van der Waals surface area contributed by atoms with Crippen molar-refractivity contribution in [1.82, 2.24) is 4.31 Å². The molecule has 188 valence electrons. The number of carbonyl (C=O) groups excluding carboxylic acids is 1. The fourth-order valence-electron chi connectivity index (χ4n) is 7.58. The largest absolute Gasteiger partial charge is 0.497 e. The highest BCUT2D eigenvalue weighted by atomic mass is 32.2. The van der Waals surface area contributed by atoms with Crippen LogP contribution in [0, 0.1) is 16.7 Å². The third-order valence-electron chi connectivity index (χ3n) is 9.94. The number of carbonyl (C=O) groups is 1. The molecule has 2 bridgehead atoms. The van der Waals surface area contributed by atoms with Gasteiger partial charge in [-0.05, 0) is 53.8 Å². The van der Waals surface area contributed by atoms with Gasteiger partial charge in [-0.2, -0.15) is 0 Å². The lowest BCUT2D eigenvalue weighted by atomic mass is 9.69. The lowest BCUT2D eigenvalue weighted by Crippen LogP contribution is -2.50. The van der Waals surface area contributed by atoms with Gasteiger partial charge < -0.3 is 4.74 Å². The minimum Gasteiger partial charge on any atom is -0.497 e. The number of methoxy groups -OCH3 is 1. The van der Waals surface area contributed by atoms with E-state index >= 15 is 0 Å². The molecule has 1 saturated heterocycles. The molecule has 2 aromatic carbocycles. The molecule has 2 aromatic rings. The van der Waals surface area contributed by atoms with Crippen LogP contribution in [0.5, 0.6) is 5.75 Å². The Bertz CT molecular complexity index is 1230. The Kier molecular flexibility index (Phi) is 5.76. The minimum atomic E-state index is -3.63. The SMILES string of the molecule is COc1ccc([C@@H](CC(=O)N2[C@@H]3C[C@H]4CC[C@]3(CS2(=O)=O)C4(C)C)[Si](C)(C)c2ccccc2)cc1. The molecular formula is C28H37NO4SSi. The highest BCUT2D eigenvalue weighted by Crippen LogP contribution is 2.70. The van der Waals surface area contributed by atoms with Gasteiger partial charge in [0.05, 0.1) is 27.0 Å². The molecule has 1 spiro atoms. The summed E-state index contributed by atoms with van der Waals surface area (Å²) >= 11 is 0. The number of benzene rings is 2. The lowest BCUT2D eigenvalue weighted by Gasteiger charge is -2.38. The molecule has 0 unspecified atom stereocenters. The molecule has 3 aliphatic rings. The van der Waals surface area contributed by atoms with Crippen LogP contribution in [0.1, 0.15) is 50.6 Å². The average molecular weight is 512 g/mol. The first-order valence-corrected chi connectivity index (χ1v) is 17.4. The molecule has 0 radical (unpaired) electrons. The maximum atomic E-state index is 14.0. The van der Waals surface area contributed by atoms with Gasteiger partial charge in [-0.25, -0.2) is 12.7 Å². The van der Waals surface area contributed by atoms with Crippen molar-refractivity contribution in [3.63, 3.8) is 0 Å². The van der Waals surface area contributed by atoms with Gasteiger partial charge >= 0.3 is 0 Å². The molecule has 3 fully saturated rings. The molecule has 2 saturated carbocycles. The molecule has 1 heterocycles. The zero-order valence-electron chi connectivity index (χ0n) is 21.5. The average Bonchev–Trinajstić information content (AvgIpc) is 3.31. The second-order valence-electron chi connectivity index (χ2n) is 11.9. The van der Waals surface area contributed by atoms with Gasteiger partial charge in [-0.15, -0.1) is 0 Å². The van der Waals surface area contributed by atoms with Crippen LogP contribution in [0.2, 0.25) is 13.1 Å². The Hall–Kier alpha value is -2.12. The number of sulfonamides is 1. The molecule has 5 nitrogen and oxygen atoms in total. The Morgan fingerprint density at radius 1 is 1.11 bits per heavy atom. The molecular weight excluding hydrogens is 474 g/mol. The van der Waals surface area contributed by atoms with E-state index in [2.05, 4.69) is 39.1 Å². The van der Waals surface area contributed by atoms with E-state index in [0.29, 0.717) is 5.92 Å². The second-order valence-corrected chi connectivity index (χ2v) is 18.5. The van der Waals surface area contributed by atoms with E-state index in [9.17, 15) is 13.2 Å². The molecule has 1 aliphatic heterocycles. The molecule has 0 N–H and O–H groups in total. The topological polar surface area (TPSA) is 63.7 Å². The summed E-state index contributed by atoms with van der Waals surface area (Å²) in [5, 5.41) is 1.26. The van der Waals surface area contributed by atoms with Gasteiger partial charge in [0.25, 0.3) is 0 Å². The quantitative estimate of drug-likeness (QED) is 0.528. The highest BCUT2D eigenvalue weighted by molar-refractivity contribution is 7.90. The van der Waals surface area contributed by atoms with Crippen molar-refractivity contribution < 1.29 is 17.9 Å². The maximum absolute atomic E-state index is 14.0. The van der Waals surface area contributed by atoms with Gasteiger partial charge in [0.1, 0.15) is 5.75 Å². The van der Waals surface area contributed by atoms with Gasteiger partial charge in [-0.1, -0.05) is 74.6 Å². The van der Waals surface area contributed by atoms with Gasteiger partial charge in [0, 0.05) is 11.8 Å². The van der Waals surface area contributed by atoms with E-state index in [-0.39, 0.29) is 40.5 Å². The molecule has 5 rings (SSSR count). The number of hydrogen-bond donors (Lipinski definition) is 0. The van der Waals surface area contributed by atoms with E-state index in [4.69, 9.17) is 4.74 Å². The first-order valence-electron chi connectivity index (χ1n) is 12.7. The van der Waals surface area contributed by atoms with E-state index in [1.807, 2.05) is 42.5 Å². The number of fused-ring (bicyclic) bond motifs is 1. The number of ether oxygens (including phenoxy) is 1. The van der Waals surface area contributed by atoms with Crippen LogP contribution in [0.15, 0.2) is 54.6 Å². The van der Waals surface area contributed by atoms with Crippen LogP contribution < -0.4 is 9.92 Å². The third-order valence-corrected chi connectivity index (χ3v) is 16.0. The fourth-order valence-corrected chi connectivity index (χ4v) is 13.3. The van der Waals surface area contributed by atoms with Crippen molar-refractivity contribution in [2.75, 3.05) is 12.9 Å². The van der Waals surface area contributed by atoms with Crippen LogP contribution >= 0.6 is 0 Å². The van der Waals surface area contributed by atoms with Crippen molar-refractivity contribution >= 4 is 29.2 Å². The van der Waals surface area contributed by atoms with Crippen molar-refractivity contribution in [3.8, 4) is 5.75 Å². The Labute approximate surface area is 210 Å². The zero-order chi connectivity index (χ0) is 25.2. The molecule has 2 aliphatic carbocycles. The summed E-state index contributed by atoms with van der Waals surface area (Å²) in [7, 11) is -4.19. The zero-order valence-corrected chi connectivity index (χ0v) is 23.3. The Morgan fingerprint density at radius 2 is 1.77 bits per heavy atom.